The first-order valence-electron chi connectivity index (χ1n) is 6.83. The largest absolute Gasteiger partial charge is 0.299 e. The molecule has 1 rings (SSSR count). The molecule has 1 nitrogen and oxygen atoms in total. The van der Waals surface area contributed by atoms with Crippen molar-refractivity contribution in [2.75, 3.05) is 0 Å². The van der Waals surface area contributed by atoms with Crippen LogP contribution in [0, 0.1) is 0 Å². The van der Waals surface area contributed by atoms with E-state index in [1.807, 2.05) is 37.3 Å². The highest BCUT2D eigenvalue weighted by Crippen LogP contribution is 2.18. The molecular formula is C16H24O. The number of carbonyl (C=O) groups excluding carboxylic acids is 1. The summed E-state index contributed by atoms with van der Waals surface area (Å²) < 4.78 is 0. The summed E-state index contributed by atoms with van der Waals surface area (Å²) in [4.78, 5) is 12.0. The van der Waals surface area contributed by atoms with Crippen LogP contribution in [0.2, 0.25) is 0 Å². The number of benzene rings is 1. The Morgan fingerprint density at radius 1 is 1.06 bits per heavy atom. The molecule has 0 amide bonds. The topological polar surface area (TPSA) is 17.1 Å². The Labute approximate surface area is 105 Å². The van der Waals surface area contributed by atoms with Crippen LogP contribution in [0.25, 0.3) is 0 Å². The van der Waals surface area contributed by atoms with E-state index in [1.54, 1.807) is 0 Å². The van der Waals surface area contributed by atoms with Gasteiger partial charge in [-0.3, -0.25) is 4.79 Å². The summed E-state index contributed by atoms with van der Waals surface area (Å²) in [5, 5.41) is 0. The van der Waals surface area contributed by atoms with Crippen molar-refractivity contribution < 1.29 is 4.79 Å². The van der Waals surface area contributed by atoms with Crippen molar-refractivity contribution in [1.29, 1.82) is 0 Å². The maximum absolute atomic E-state index is 12.0. The predicted molar refractivity (Wildman–Crippen MR) is 73.2 cm³/mol. The number of ketones is 1. The molecule has 0 fully saturated rings. The van der Waals surface area contributed by atoms with E-state index in [9.17, 15) is 4.79 Å². The number of hydrogen-bond acceptors (Lipinski definition) is 1. The summed E-state index contributed by atoms with van der Waals surface area (Å²) in [5.74, 6) is 0.440. The highest BCUT2D eigenvalue weighted by molar-refractivity contribution is 5.85. The zero-order chi connectivity index (χ0) is 12.5. The fourth-order valence-corrected chi connectivity index (χ4v) is 2.05. The molecule has 1 aromatic rings. The van der Waals surface area contributed by atoms with Crippen LogP contribution in [0.1, 0.15) is 63.9 Å². The van der Waals surface area contributed by atoms with Gasteiger partial charge in [-0.15, -0.1) is 0 Å². The summed E-state index contributed by atoms with van der Waals surface area (Å²) in [6, 6.07) is 10.1. The molecule has 0 spiro atoms. The molecule has 0 bridgehead atoms. The number of Topliss-reactive ketones (excluding diaryl/α,β-unsaturated/α-hetero) is 1. The Hall–Kier alpha value is -1.11. The predicted octanol–water partition coefficient (Wildman–Crippen LogP) is 4.72. The van der Waals surface area contributed by atoms with Gasteiger partial charge in [-0.25, -0.2) is 0 Å². The van der Waals surface area contributed by atoms with E-state index < -0.39 is 0 Å². The average molecular weight is 232 g/mol. The first kappa shape index (κ1) is 14.0. The first-order valence-corrected chi connectivity index (χ1v) is 6.83. The van der Waals surface area contributed by atoms with Crippen molar-refractivity contribution in [2.45, 2.75) is 58.3 Å². The van der Waals surface area contributed by atoms with Gasteiger partial charge < -0.3 is 0 Å². The van der Waals surface area contributed by atoms with Gasteiger partial charge in [-0.1, -0.05) is 69.9 Å². The van der Waals surface area contributed by atoms with Crippen molar-refractivity contribution in [3.05, 3.63) is 35.9 Å². The van der Waals surface area contributed by atoms with E-state index in [4.69, 9.17) is 0 Å². The van der Waals surface area contributed by atoms with Crippen molar-refractivity contribution in [2.24, 2.45) is 0 Å². The van der Waals surface area contributed by atoms with Gasteiger partial charge in [0.2, 0.25) is 0 Å². The smallest absolute Gasteiger partial charge is 0.140 e. The Balaban J connectivity index is 2.28. The van der Waals surface area contributed by atoms with Gasteiger partial charge in [-0.05, 0) is 12.0 Å². The van der Waals surface area contributed by atoms with E-state index in [1.165, 1.54) is 25.7 Å². The lowest BCUT2D eigenvalue weighted by Gasteiger charge is -2.10. The standard InChI is InChI=1S/C16H24O/c1-3-4-5-6-10-13-16(17)14(2)15-11-8-7-9-12-15/h7-9,11-12,14H,3-6,10,13H2,1-2H3. The van der Waals surface area contributed by atoms with Gasteiger partial charge in [0, 0.05) is 12.3 Å². The van der Waals surface area contributed by atoms with Crippen LogP contribution >= 0.6 is 0 Å². The summed E-state index contributed by atoms with van der Waals surface area (Å²) >= 11 is 0. The van der Waals surface area contributed by atoms with Crippen LogP contribution in [0.5, 0.6) is 0 Å². The fourth-order valence-electron chi connectivity index (χ4n) is 2.05. The Bertz CT molecular complexity index is 316. The quantitative estimate of drug-likeness (QED) is 0.593. The number of rotatable bonds is 8. The molecule has 94 valence electrons. The summed E-state index contributed by atoms with van der Waals surface area (Å²) in [7, 11) is 0. The molecule has 1 atom stereocenters. The van der Waals surface area contributed by atoms with E-state index >= 15 is 0 Å². The first-order chi connectivity index (χ1) is 8.25. The van der Waals surface area contributed by atoms with Gasteiger partial charge in [-0.2, -0.15) is 0 Å². The molecule has 0 radical (unpaired) electrons. The highest BCUT2D eigenvalue weighted by atomic mass is 16.1. The van der Waals surface area contributed by atoms with Gasteiger partial charge in [0.05, 0.1) is 0 Å². The molecule has 0 aliphatic carbocycles. The van der Waals surface area contributed by atoms with Crippen LogP contribution in [-0.4, -0.2) is 5.78 Å². The molecule has 0 aliphatic heterocycles. The number of hydrogen-bond donors (Lipinski definition) is 0. The van der Waals surface area contributed by atoms with Crippen molar-refractivity contribution >= 4 is 5.78 Å². The van der Waals surface area contributed by atoms with E-state index in [0.29, 0.717) is 5.78 Å². The van der Waals surface area contributed by atoms with E-state index in [2.05, 4.69) is 6.92 Å². The average Bonchev–Trinajstić information content (AvgIpc) is 2.38. The molecule has 0 heterocycles. The van der Waals surface area contributed by atoms with Crippen LogP contribution in [0.3, 0.4) is 0 Å². The molecule has 0 aliphatic rings. The monoisotopic (exact) mass is 232 g/mol. The zero-order valence-corrected chi connectivity index (χ0v) is 11.1. The summed E-state index contributed by atoms with van der Waals surface area (Å²) in [6.07, 6.45) is 6.80. The SMILES string of the molecule is CCCCCCCC(=O)C(C)c1ccccc1. The van der Waals surface area contributed by atoms with Crippen LogP contribution in [0.15, 0.2) is 30.3 Å². The molecule has 17 heavy (non-hydrogen) atoms. The Morgan fingerprint density at radius 3 is 2.35 bits per heavy atom. The molecule has 0 N–H and O–H groups in total. The molecule has 1 aromatic carbocycles. The third-order valence-electron chi connectivity index (χ3n) is 3.31. The Morgan fingerprint density at radius 2 is 1.71 bits per heavy atom. The molecule has 1 unspecified atom stereocenters. The fraction of sp³-hybridized carbons (Fsp3) is 0.562. The van der Waals surface area contributed by atoms with Crippen LogP contribution in [0.4, 0.5) is 0 Å². The second kappa shape index (κ2) is 8.05. The summed E-state index contributed by atoms with van der Waals surface area (Å²) in [6.45, 7) is 4.23. The second-order valence-corrected chi connectivity index (χ2v) is 4.76. The normalized spacial score (nSPS) is 12.4. The van der Waals surface area contributed by atoms with E-state index in [0.717, 1.165) is 18.4 Å². The lowest BCUT2D eigenvalue weighted by atomic mass is 9.93. The zero-order valence-electron chi connectivity index (χ0n) is 11.1. The number of carbonyl (C=O) groups is 1. The second-order valence-electron chi connectivity index (χ2n) is 4.76. The van der Waals surface area contributed by atoms with Gasteiger partial charge in [0.15, 0.2) is 0 Å². The molecule has 1 heteroatoms. The third-order valence-corrected chi connectivity index (χ3v) is 3.31. The number of unbranched alkanes of at least 4 members (excludes halogenated alkanes) is 4. The lowest BCUT2D eigenvalue weighted by molar-refractivity contribution is -0.120. The molecule has 0 saturated heterocycles. The van der Waals surface area contributed by atoms with Crippen molar-refractivity contribution in [1.82, 2.24) is 0 Å². The van der Waals surface area contributed by atoms with Crippen LogP contribution in [-0.2, 0) is 4.79 Å². The van der Waals surface area contributed by atoms with Gasteiger partial charge in [0.1, 0.15) is 5.78 Å². The van der Waals surface area contributed by atoms with Gasteiger partial charge in [0.25, 0.3) is 0 Å². The van der Waals surface area contributed by atoms with Crippen molar-refractivity contribution in [3.8, 4) is 0 Å². The Kier molecular flexibility index (Phi) is 6.61. The maximum Gasteiger partial charge on any atom is 0.140 e. The minimum atomic E-state index is 0.0578. The van der Waals surface area contributed by atoms with E-state index in [-0.39, 0.29) is 5.92 Å². The van der Waals surface area contributed by atoms with Gasteiger partial charge >= 0.3 is 0 Å². The van der Waals surface area contributed by atoms with Crippen LogP contribution < -0.4 is 0 Å². The third kappa shape index (κ3) is 5.16. The molecular weight excluding hydrogens is 208 g/mol. The molecule has 0 aromatic heterocycles. The minimum absolute atomic E-state index is 0.0578. The molecule has 0 saturated carbocycles. The lowest BCUT2D eigenvalue weighted by Crippen LogP contribution is -2.08. The summed E-state index contributed by atoms with van der Waals surface area (Å²) in [5.41, 5.74) is 1.14. The van der Waals surface area contributed by atoms with Crippen molar-refractivity contribution in [3.63, 3.8) is 0 Å². The highest BCUT2D eigenvalue weighted by Gasteiger charge is 2.13. The maximum atomic E-state index is 12.0. The minimum Gasteiger partial charge on any atom is -0.299 e.